The number of piperazine rings is 1. The number of rotatable bonds is 2. The lowest BCUT2D eigenvalue weighted by Gasteiger charge is -2.32. The summed E-state index contributed by atoms with van der Waals surface area (Å²) in [5.41, 5.74) is 0.801. The molecule has 7 nitrogen and oxygen atoms in total. The van der Waals surface area contributed by atoms with Crippen molar-refractivity contribution in [1.29, 1.82) is 0 Å². The first-order valence-electron chi connectivity index (χ1n) is 8.80. The summed E-state index contributed by atoms with van der Waals surface area (Å²) in [7, 11) is -0.471. The molecule has 1 aromatic carbocycles. The van der Waals surface area contributed by atoms with Crippen LogP contribution in [0.25, 0.3) is 6.08 Å². The molecule has 0 aromatic heterocycles. The van der Waals surface area contributed by atoms with Gasteiger partial charge in [-0.1, -0.05) is 24.3 Å². The van der Waals surface area contributed by atoms with E-state index in [0.717, 1.165) is 10.4 Å². The SMILES string of the molecule is CC(=O)N1CC(=O)N/C(=C\c2ccc(B3OC(C)(C)C(C)(C)O3)cc2)C1=O. The third kappa shape index (κ3) is 3.68. The molecule has 8 heteroatoms. The third-order valence-corrected chi connectivity index (χ3v) is 5.20. The lowest BCUT2D eigenvalue weighted by molar-refractivity contribution is -0.147. The Kier molecular flexibility index (Phi) is 4.73. The van der Waals surface area contributed by atoms with E-state index < -0.39 is 36.0 Å². The van der Waals surface area contributed by atoms with E-state index in [4.69, 9.17) is 9.31 Å². The summed E-state index contributed by atoms with van der Waals surface area (Å²) in [4.78, 5) is 36.5. The van der Waals surface area contributed by atoms with Gasteiger partial charge in [-0.3, -0.25) is 19.3 Å². The van der Waals surface area contributed by atoms with E-state index in [1.54, 1.807) is 18.2 Å². The molecule has 2 aliphatic heterocycles. The second kappa shape index (κ2) is 6.62. The smallest absolute Gasteiger partial charge is 0.399 e. The molecule has 142 valence electrons. The molecule has 0 atom stereocenters. The van der Waals surface area contributed by atoms with Gasteiger partial charge in [-0.2, -0.15) is 0 Å². The maximum atomic E-state index is 12.3. The van der Waals surface area contributed by atoms with Crippen molar-refractivity contribution in [3.63, 3.8) is 0 Å². The number of carbonyl (C=O) groups is 3. The highest BCUT2D eigenvalue weighted by Gasteiger charge is 2.51. The van der Waals surface area contributed by atoms with Crippen LogP contribution in [0.1, 0.15) is 40.2 Å². The van der Waals surface area contributed by atoms with Crippen LogP contribution in [0.5, 0.6) is 0 Å². The van der Waals surface area contributed by atoms with Crippen molar-refractivity contribution in [2.75, 3.05) is 6.54 Å². The molecule has 1 N–H and O–H groups in total. The molecule has 2 saturated heterocycles. The molecule has 0 aliphatic carbocycles. The van der Waals surface area contributed by atoms with Crippen LogP contribution >= 0.6 is 0 Å². The van der Waals surface area contributed by atoms with Crippen molar-refractivity contribution in [3.05, 3.63) is 35.5 Å². The zero-order valence-electron chi connectivity index (χ0n) is 16.2. The minimum atomic E-state index is -0.517. The Hall–Kier alpha value is -2.45. The highest BCUT2D eigenvalue weighted by Crippen LogP contribution is 2.36. The van der Waals surface area contributed by atoms with Gasteiger partial charge < -0.3 is 14.6 Å². The number of imide groups is 1. The summed E-state index contributed by atoms with van der Waals surface area (Å²) in [6.07, 6.45) is 1.54. The van der Waals surface area contributed by atoms with E-state index in [1.165, 1.54) is 6.92 Å². The second-order valence-electron chi connectivity index (χ2n) is 7.77. The molecule has 2 aliphatic rings. The molecule has 3 amide bonds. The number of amides is 3. The van der Waals surface area contributed by atoms with Gasteiger partial charge in [0.15, 0.2) is 0 Å². The van der Waals surface area contributed by atoms with Gasteiger partial charge in [0.2, 0.25) is 11.8 Å². The normalized spacial score (nSPS) is 22.9. The zero-order valence-corrected chi connectivity index (χ0v) is 16.2. The molecular formula is C19H23BN2O5. The fourth-order valence-corrected chi connectivity index (χ4v) is 2.85. The molecule has 0 unspecified atom stereocenters. The molecular weight excluding hydrogens is 347 g/mol. The van der Waals surface area contributed by atoms with Gasteiger partial charge in [-0.25, -0.2) is 0 Å². The van der Waals surface area contributed by atoms with Crippen LogP contribution in [-0.2, 0) is 23.7 Å². The van der Waals surface area contributed by atoms with E-state index in [1.807, 2.05) is 39.8 Å². The van der Waals surface area contributed by atoms with E-state index in [0.29, 0.717) is 5.56 Å². The van der Waals surface area contributed by atoms with Crippen molar-refractivity contribution in [2.45, 2.75) is 45.8 Å². The number of hydrogen-bond acceptors (Lipinski definition) is 5. The van der Waals surface area contributed by atoms with E-state index >= 15 is 0 Å². The van der Waals surface area contributed by atoms with Gasteiger partial charge >= 0.3 is 7.12 Å². The Bertz CT molecular complexity index is 813. The Morgan fingerprint density at radius 3 is 2.19 bits per heavy atom. The maximum absolute atomic E-state index is 12.3. The molecule has 2 heterocycles. The molecule has 0 spiro atoms. The Morgan fingerprint density at radius 2 is 1.67 bits per heavy atom. The Balaban J connectivity index is 1.80. The van der Waals surface area contributed by atoms with Crippen molar-refractivity contribution >= 4 is 36.4 Å². The van der Waals surface area contributed by atoms with E-state index in [-0.39, 0.29) is 12.2 Å². The second-order valence-corrected chi connectivity index (χ2v) is 7.77. The van der Waals surface area contributed by atoms with E-state index in [9.17, 15) is 14.4 Å². The lowest BCUT2D eigenvalue weighted by Crippen LogP contribution is -2.51. The first-order chi connectivity index (χ1) is 12.5. The van der Waals surface area contributed by atoms with Crippen molar-refractivity contribution in [2.24, 2.45) is 0 Å². The average Bonchev–Trinajstić information content (AvgIpc) is 2.79. The minimum Gasteiger partial charge on any atom is -0.399 e. The van der Waals surface area contributed by atoms with Crippen LogP contribution < -0.4 is 10.8 Å². The monoisotopic (exact) mass is 370 g/mol. The predicted molar refractivity (Wildman–Crippen MR) is 101 cm³/mol. The summed E-state index contributed by atoms with van der Waals surface area (Å²) in [5, 5.41) is 2.52. The molecule has 0 bridgehead atoms. The fourth-order valence-electron chi connectivity index (χ4n) is 2.85. The van der Waals surface area contributed by atoms with Crippen molar-refractivity contribution in [3.8, 4) is 0 Å². The van der Waals surface area contributed by atoms with Crippen molar-refractivity contribution < 1.29 is 23.7 Å². The van der Waals surface area contributed by atoms with Gasteiger partial charge in [-0.05, 0) is 44.8 Å². The molecule has 1 aromatic rings. The highest BCUT2D eigenvalue weighted by atomic mass is 16.7. The van der Waals surface area contributed by atoms with Crippen LogP contribution in [0.4, 0.5) is 0 Å². The van der Waals surface area contributed by atoms with Gasteiger partial charge in [0.25, 0.3) is 5.91 Å². The van der Waals surface area contributed by atoms with Crippen LogP contribution in [0.15, 0.2) is 30.0 Å². The summed E-state index contributed by atoms with van der Waals surface area (Å²) in [5.74, 6) is -1.38. The molecule has 2 fully saturated rings. The van der Waals surface area contributed by atoms with Crippen molar-refractivity contribution in [1.82, 2.24) is 10.2 Å². The van der Waals surface area contributed by atoms with Gasteiger partial charge in [-0.15, -0.1) is 0 Å². The number of hydrogen-bond donors (Lipinski definition) is 1. The fraction of sp³-hybridized carbons (Fsp3) is 0.421. The Labute approximate surface area is 158 Å². The summed E-state index contributed by atoms with van der Waals surface area (Å²) >= 11 is 0. The largest absolute Gasteiger partial charge is 0.494 e. The summed E-state index contributed by atoms with van der Waals surface area (Å²) in [6, 6.07) is 7.32. The zero-order chi connectivity index (χ0) is 20.0. The maximum Gasteiger partial charge on any atom is 0.494 e. The highest BCUT2D eigenvalue weighted by molar-refractivity contribution is 6.62. The third-order valence-electron chi connectivity index (χ3n) is 5.20. The molecule has 3 rings (SSSR count). The summed E-state index contributed by atoms with van der Waals surface area (Å²) < 4.78 is 12.0. The lowest BCUT2D eigenvalue weighted by atomic mass is 9.79. The minimum absolute atomic E-state index is 0.0739. The summed E-state index contributed by atoms with van der Waals surface area (Å²) in [6.45, 7) is 8.96. The van der Waals surface area contributed by atoms with Gasteiger partial charge in [0.1, 0.15) is 12.2 Å². The molecule has 27 heavy (non-hydrogen) atoms. The number of benzene rings is 1. The average molecular weight is 370 g/mol. The number of nitrogens with zero attached hydrogens (tertiary/aromatic N) is 1. The van der Waals surface area contributed by atoms with Gasteiger partial charge in [0.05, 0.1) is 11.2 Å². The van der Waals surface area contributed by atoms with Crippen LogP contribution in [-0.4, -0.2) is 47.5 Å². The number of carbonyl (C=O) groups excluding carboxylic acids is 3. The number of nitrogens with one attached hydrogen (secondary N) is 1. The first-order valence-corrected chi connectivity index (χ1v) is 8.80. The molecule has 0 radical (unpaired) electrons. The Morgan fingerprint density at radius 1 is 1.11 bits per heavy atom. The van der Waals surface area contributed by atoms with Crippen LogP contribution in [0, 0.1) is 0 Å². The van der Waals surface area contributed by atoms with E-state index in [2.05, 4.69) is 5.32 Å². The molecule has 0 saturated carbocycles. The van der Waals surface area contributed by atoms with Crippen LogP contribution in [0.2, 0.25) is 0 Å². The first kappa shape index (κ1) is 19.3. The quantitative estimate of drug-likeness (QED) is 0.616. The predicted octanol–water partition coefficient (Wildman–Crippen LogP) is 0.832. The van der Waals surface area contributed by atoms with Crippen LogP contribution in [0.3, 0.4) is 0 Å². The standard InChI is InChI=1S/C19H23BN2O5/c1-12(23)22-11-16(24)21-15(17(22)25)10-13-6-8-14(9-7-13)20-26-18(2,3)19(4,5)27-20/h6-10H,11H2,1-5H3,(H,21,24)/b15-10-. The van der Waals surface area contributed by atoms with Gasteiger partial charge in [0, 0.05) is 6.92 Å². The topological polar surface area (TPSA) is 84.9 Å².